The van der Waals surface area contributed by atoms with Crippen LogP contribution >= 0.6 is 11.3 Å². The number of methoxy groups -OCH3 is 2. The van der Waals surface area contributed by atoms with Gasteiger partial charge in [-0.3, -0.25) is 9.59 Å². The van der Waals surface area contributed by atoms with E-state index in [4.69, 9.17) is 9.47 Å². The zero-order chi connectivity index (χ0) is 27.6. The first-order chi connectivity index (χ1) is 19.0. The van der Waals surface area contributed by atoms with Crippen LogP contribution in [0.4, 0.5) is 0 Å². The molecular weight excluding hydrogens is 508 g/mol. The third-order valence-electron chi connectivity index (χ3n) is 7.59. The molecule has 2 aromatic carbocycles. The Morgan fingerprint density at radius 2 is 1.64 bits per heavy atom. The smallest absolute Gasteiger partial charge is 0.254 e. The van der Waals surface area contributed by atoms with E-state index in [2.05, 4.69) is 13.0 Å². The highest BCUT2D eigenvalue weighted by Gasteiger charge is 2.30. The van der Waals surface area contributed by atoms with Crippen molar-refractivity contribution in [1.29, 1.82) is 0 Å². The molecule has 2 amide bonds. The number of hydrogen-bond acceptors (Lipinski definition) is 5. The summed E-state index contributed by atoms with van der Waals surface area (Å²) in [5.74, 6) is 1.29. The lowest BCUT2D eigenvalue weighted by Crippen LogP contribution is -2.48. The van der Waals surface area contributed by atoms with Gasteiger partial charge in [-0.1, -0.05) is 50.5 Å². The van der Waals surface area contributed by atoms with Crippen LogP contribution in [-0.4, -0.2) is 55.0 Å². The molecule has 0 bridgehead atoms. The fourth-order valence-electron chi connectivity index (χ4n) is 5.24. The van der Waals surface area contributed by atoms with Crippen molar-refractivity contribution in [1.82, 2.24) is 9.80 Å². The Kier molecular flexibility index (Phi) is 10.4. The maximum Gasteiger partial charge on any atom is 0.254 e. The molecule has 0 unspecified atom stereocenters. The predicted molar refractivity (Wildman–Crippen MR) is 157 cm³/mol. The fraction of sp³-hybridized carbons (Fsp3) is 0.438. The predicted octanol–water partition coefficient (Wildman–Crippen LogP) is 6.37. The number of amides is 2. The highest BCUT2D eigenvalue weighted by molar-refractivity contribution is 7.09. The number of thiophene rings is 1. The summed E-state index contributed by atoms with van der Waals surface area (Å²) in [6.45, 7) is 3.27. The summed E-state index contributed by atoms with van der Waals surface area (Å²) in [4.78, 5) is 32.5. The summed E-state index contributed by atoms with van der Waals surface area (Å²) in [5.41, 5.74) is 2.91. The van der Waals surface area contributed by atoms with E-state index in [1.54, 1.807) is 25.6 Å². The van der Waals surface area contributed by atoms with Crippen molar-refractivity contribution in [2.45, 2.75) is 64.5 Å². The highest BCUT2D eigenvalue weighted by atomic mass is 32.1. The molecule has 3 aromatic rings. The molecule has 0 radical (unpaired) electrons. The largest absolute Gasteiger partial charge is 0.493 e. The molecule has 6 nitrogen and oxygen atoms in total. The lowest BCUT2D eigenvalue weighted by molar-refractivity contribution is -0.133. The first-order valence-electron chi connectivity index (χ1n) is 13.9. The minimum absolute atomic E-state index is 0.0204. The number of carbonyl (C=O) groups excluding carboxylic acids is 2. The standard InChI is InChI=1S/C32H40N2O4S/c1-4-24-12-15-26(16-13-24)32(36)34(27-9-6-5-7-10-27)23-31(35)33(22-28-11-8-20-39-28)19-18-25-14-17-29(37-2)30(21-25)38-3/h8,11-17,20-21,27H,4-7,9-10,18-19,22-23H2,1-3H3. The van der Waals surface area contributed by atoms with Gasteiger partial charge >= 0.3 is 0 Å². The Hall–Kier alpha value is -3.32. The first-order valence-corrected chi connectivity index (χ1v) is 14.8. The summed E-state index contributed by atoms with van der Waals surface area (Å²) in [7, 11) is 3.25. The van der Waals surface area contributed by atoms with Crippen LogP contribution in [0.15, 0.2) is 60.0 Å². The number of ether oxygens (including phenoxy) is 2. The average Bonchev–Trinajstić information content (AvgIpc) is 3.51. The Labute approximate surface area is 236 Å². The summed E-state index contributed by atoms with van der Waals surface area (Å²) in [5, 5.41) is 2.03. The number of aryl methyl sites for hydroxylation is 1. The van der Waals surface area contributed by atoms with Gasteiger partial charge in [0.05, 0.1) is 20.8 Å². The zero-order valence-electron chi connectivity index (χ0n) is 23.4. The fourth-order valence-corrected chi connectivity index (χ4v) is 5.96. The van der Waals surface area contributed by atoms with Crippen molar-refractivity contribution in [2.24, 2.45) is 0 Å². The van der Waals surface area contributed by atoms with Gasteiger partial charge in [-0.2, -0.15) is 0 Å². The van der Waals surface area contributed by atoms with E-state index in [1.807, 2.05) is 63.7 Å². The van der Waals surface area contributed by atoms with Gasteiger partial charge in [0.1, 0.15) is 6.54 Å². The van der Waals surface area contributed by atoms with E-state index in [1.165, 1.54) is 12.0 Å². The normalized spacial score (nSPS) is 13.6. The minimum Gasteiger partial charge on any atom is -0.493 e. The van der Waals surface area contributed by atoms with Crippen molar-refractivity contribution in [3.63, 3.8) is 0 Å². The second-order valence-electron chi connectivity index (χ2n) is 10.1. The molecule has 208 valence electrons. The Balaban J connectivity index is 1.53. The van der Waals surface area contributed by atoms with Crippen molar-refractivity contribution in [2.75, 3.05) is 27.3 Å². The summed E-state index contributed by atoms with van der Waals surface area (Å²) >= 11 is 1.64. The number of benzene rings is 2. The van der Waals surface area contributed by atoms with E-state index in [-0.39, 0.29) is 24.4 Å². The molecule has 7 heteroatoms. The third kappa shape index (κ3) is 7.63. The van der Waals surface area contributed by atoms with Gasteiger partial charge in [-0.15, -0.1) is 11.3 Å². The molecule has 0 N–H and O–H groups in total. The van der Waals surface area contributed by atoms with E-state index in [9.17, 15) is 9.59 Å². The van der Waals surface area contributed by atoms with Gasteiger partial charge in [0.15, 0.2) is 11.5 Å². The van der Waals surface area contributed by atoms with Crippen LogP contribution in [0, 0.1) is 0 Å². The van der Waals surface area contributed by atoms with Gasteiger partial charge in [-0.05, 0) is 72.5 Å². The van der Waals surface area contributed by atoms with Crippen LogP contribution in [0.25, 0.3) is 0 Å². The minimum atomic E-state index is -0.0473. The molecule has 4 rings (SSSR count). The molecule has 0 saturated heterocycles. The molecule has 1 aliphatic carbocycles. The van der Waals surface area contributed by atoms with Crippen LogP contribution < -0.4 is 9.47 Å². The van der Waals surface area contributed by atoms with Gasteiger partial charge in [0.25, 0.3) is 5.91 Å². The third-order valence-corrected chi connectivity index (χ3v) is 8.45. The molecular formula is C32H40N2O4S. The number of rotatable bonds is 12. The van der Waals surface area contributed by atoms with E-state index in [0.717, 1.165) is 42.5 Å². The number of hydrogen-bond donors (Lipinski definition) is 0. The summed E-state index contributed by atoms with van der Waals surface area (Å²) in [6.07, 6.45) is 6.87. The molecule has 1 fully saturated rings. The molecule has 1 heterocycles. The van der Waals surface area contributed by atoms with Crippen LogP contribution in [0.1, 0.15) is 65.4 Å². The molecule has 39 heavy (non-hydrogen) atoms. The van der Waals surface area contributed by atoms with E-state index >= 15 is 0 Å². The Morgan fingerprint density at radius 1 is 0.923 bits per heavy atom. The van der Waals surface area contributed by atoms with Crippen LogP contribution in [0.3, 0.4) is 0 Å². The highest BCUT2D eigenvalue weighted by Crippen LogP contribution is 2.28. The van der Waals surface area contributed by atoms with Crippen molar-refractivity contribution in [3.8, 4) is 11.5 Å². The van der Waals surface area contributed by atoms with Crippen LogP contribution in [0.5, 0.6) is 11.5 Å². The average molecular weight is 549 g/mol. The van der Waals surface area contributed by atoms with Gasteiger partial charge in [0, 0.05) is 23.0 Å². The van der Waals surface area contributed by atoms with Crippen molar-refractivity contribution in [3.05, 3.63) is 81.5 Å². The first kappa shape index (κ1) is 28.7. The second-order valence-corrected chi connectivity index (χ2v) is 11.1. The molecule has 1 saturated carbocycles. The Bertz CT molecular complexity index is 1200. The monoisotopic (exact) mass is 548 g/mol. The van der Waals surface area contributed by atoms with E-state index in [0.29, 0.717) is 36.6 Å². The Morgan fingerprint density at radius 3 is 2.28 bits per heavy atom. The molecule has 1 aliphatic rings. The van der Waals surface area contributed by atoms with Gasteiger partial charge in [0.2, 0.25) is 5.91 Å². The zero-order valence-corrected chi connectivity index (χ0v) is 24.2. The maximum absolute atomic E-state index is 13.9. The van der Waals surface area contributed by atoms with E-state index < -0.39 is 0 Å². The number of nitrogens with zero attached hydrogens (tertiary/aromatic N) is 2. The quantitative estimate of drug-likeness (QED) is 0.264. The summed E-state index contributed by atoms with van der Waals surface area (Å²) in [6, 6.07) is 17.9. The molecule has 0 spiro atoms. The van der Waals surface area contributed by atoms with Crippen LogP contribution in [-0.2, 0) is 24.2 Å². The molecule has 1 aromatic heterocycles. The topological polar surface area (TPSA) is 59.1 Å². The van der Waals surface area contributed by atoms with Crippen LogP contribution in [0.2, 0.25) is 0 Å². The molecule has 0 aliphatic heterocycles. The molecule has 0 atom stereocenters. The lowest BCUT2D eigenvalue weighted by Gasteiger charge is -2.35. The van der Waals surface area contributed by atoms with Gasteiger partial charge < -0.3 is 19.3 Å². The SMILES string of the molecule is CCc1ccc(C(=O)N(CC(=O)N(CCc2ccc(OC)c(OC)c2)Cc2cccs2)C2CCCCC2)cc1. The van der Waals surface area contributed by atoms with Gasteiger partial charge in [-0.25, -0.2) is 0 Å². The summed E-state index contributed by atoms with van der Waals surface area (Å²) < 4.78 is 10.8. The van der Waals surface area contributed by atoms with Crippen molar-refractivity contribution >= 4 is 23.2 Å². The second kappa shape index (κ2) is 14.2. The lowest BCUT2D eigenvalue weighted by atomic mass is 9.93. The maximum atomic E-state index is 13.9. The van der Waals surface area contributed by atoms with Crippen molar-refractivity contribution < 1.29 is 19.1 Å². The number of carbonyl (C=O) groups is 2.